The Morgan fingerprint density at radius 1 is 1.25 bits per heavy atom. The van der Waals surface area contributed by atoms with Crippen molar-refractivity contribution in [3.63, 3.8) is 0 Å². The summed E-state index contributed by atoms with van der Waals surface area (Å²) in [5.74, 6) is 2.25. The molecular weight excluding hydrogens is 329 g/mol. The molecule has 6 nitrogen and oxygen atoms in total. The number of benzene rings is 1. The summed E-state index contributed by atoms with van der Waals surface area (Å²) in [6.07, 6.45) is 0.764. The van der Waals surface area contributed by atoms with E-state index in [0.29, 0.717) is 29.4 Å². The zero-order chi connectivity index (χ0) is 16.6. The fraction of sp³-hybridized carbons (Fsp3) is 0.312. The minimum atomic E-state index is -0.705. The van der Waals surface area contributed by atoms with Gasteiger partial charge in [-0.3, -0.25) is 0 Å². The molecule has 0 saturated carbocycles. The molecule has 0 bridgehead atoms. The quantitative estimate of drug-likeness (QED) is 0.755. The van der Waals surface area contributed by atoms with Crippen LogP contribution in [0.4, 0.5) is 10.2 Å². The van der Waals surface area contributed by atoms with Gasteiger partial charge in [-0.2, -0.15) is 16.3 Å². The van der Waals surface area contributed by atoms with Gasteiger partial charge in [-0.05, 0) is 36.4 Å². The van der Waals surface area contributed by atoms with Crippen LogP contribution in [0.1, 0.15) is 6.42 Å². The Kier molecular flexibility index (Phi) is 3.85. The second-order valence-corrected chi connectivity index (χ2v) is 6.98. The number of nitrogens with zero attached hydrogens (tertiary/aromatic N) is 4. The lowest BCUT2D eigenvalue weighted by atomic mass is 10.0. The predicted octanol–water partition coefficient (Wildman–Crippen LogP) is 2.21. The van der Waals surface area contributed by atoms with Crippen LogP contribution in [0.25, 0.3) is 17.0 Å². The van der Waals surface area contributed by atoms with Gasteiger partial charge >= 0.3 is 0 Å². The molecule has 1 aliphatic heterocycles. The summed E-state index contributed by atoms with van der Waals surface area (Å²) in [6.45, 7) is 0.426. The number of hydrogen-bond donors (Lipinski definition) is 2. The molecule has 1 fully saturated rings. The summed E-state index contributed by atoms with van der Waals surface area (Å²) in [6, 6.07) is 9.94. The lowest BCUT2D eigenvalue weighted by molar-refractivity contribution is 0.0819. The molecule has 0 spiro atoms. The number of nitrogens with one attached hydrogen (secondary N) is 1. The minimum absolute atomic E-state index is 0.348. The molecule has 1 aliphatic rings. The van der Waals surface area contributed by atoms with Crippen molar-refractivity contribution >= 4 is 23.2 Å². The van der Waals surface area contributed by atoms with Crippen molar-refractivity contribution in [2.45, 2.75) is 12.0 Å². The molecule has 3 heterocycles. The van der Waals surface area contributed by atoms with Gasteiger partial charge in [0, 0.05) is 12.3 Å². The summed E-state index contributed by atoms with van der Waals surface area (Å²) in [7, 11) is 0. The van der Waals surface area contributed by atoms with E-state index in [0.717, 1.165) is 17.9 Å². The van der Waals surface area contributed by atoms with E-state index >= 15 is 0 Å². The van der Waals surface area contributed by atoms with Gasteiger partial charge in [0.2, 0.25) is 0 Å². The summed E-state index contributed by atoms with van der Waals surface area (Å²) in [5.41, 5.74) is 0.178. The highest BCUT2D eigenvalue weighted by atomic mass is 32.2. The molecule has 2 N–H and O–H groups in total. The third-order valence-electron chi connectivity index (χ3n) is 4.06. The molecular formula is C16H16FN5OS. The first-order valence-corrected chi connectivity index (χ1v) is 8.81. The summed E-state index contributed by atoms with van der Waals surface area (Å²) in [4.78, 5) is 0. The number of hydrogen-bond acceptors (Lipinski definition) is 6. The number of aromatic nitrogens is 4. The number of fused-ring (bicyclic) bond motifs is 1. The van der Waals surface area contributed by atoms with Crippen molar-refractivity contribution in [3.05, 3.63) is 42.2 Å². The molecule has 1 saturated heterocycles. The number of thioether (sulfide) groups is 1. The van der Waals surface area contributed by atoms with E-state index < -0.39 is 5.60 Å². The number of aliphatic hydroxyl groups is 1. The van der Waals surface area contributed by atoms with Gasteiger partial charge in [-0.15, -0.1) is 15.3 Å². The van der Waals surface area contributed by atoms with Gasteiger partial charge in [0.1, 0.15) is 11.6 Å². The van der Waals surface area contributed by atoms with Crippen molar-refractivity contribution in [1.82, 2.24) is 19.8 Å². The number of anilines is 1. The molecule has 0 radical (unpaired) electrons. The van der Waals surface area contributed by atoms with Crippen LogP contribution >= 0.6 is 11.8 Å². The van der Waals surface area contributed by atoms with Crippen LogP contribution in [0.3, 0.4) is 0 Å². The van der Waals surface area contributed by atoms with E-state index in [-0.39, 0.29) is 5.82 Å². The monoisotopic (exact) mass is 345 g/mol. The van der Waals surface area contributed by atoms with E-state index in [2.05, 4.69) is 20.6 Å². The Morgan fingerprint density at radius 2 is 2.12 bits per heavy atom. The molecule has 1 aromatic carbocycles. The largest absolute Gasteiger partial charge is 0.387 e. The minimum Gasteiger partial charge on any atom is -0.387 e. The van der Waals surface area contributed by atoms with Gasteiger partial charge < -0.3 is 10.4 Å². The molecule has 1 atom stereocenters. The van der Waals surface area contributed by atoms with Crippen molar-refractivity contribution in [3.8, 4) is 11.4 Å². The summed E-state index contributed by atoms with van der Waals surface area (Å²) >= 11 is 1.74. The highest BCUT2D eigenvalue weighted by Gasteiger charge is 2.31. The highest BCUT2D eigenvalue weighted by Crippen LogP contribution is 2.28. The van der Waals surface area contributed by atoms with Crippen molar-refractivity contribution in [2.24, 2.45) is 0 Å². The summed E-state index contributed by atoms with van der Waals surface area (Å²) < 4.78 is 15.5. The SMILES string of the molecule is O[C@]1(CNc2ccc3nnc(-c4ccccc4F)n3n2)CCSC1. The van der Waals surface area contributed by atoms with E-state index in [1.165, 1.54) is 10.6 Å². The molecule has 2 aromatic heterocycles. The second kappa shape index (κ2) is 6.03. The van der Waals surface area contributed by atoms with Gasteiger partial charge in [-0.1, -0.05) is 12.1 Å². The first kappa shape index (κ1) is 15.3. The fourth-order valence-electron chi connectivity index (χ4n) is 2.68. The van der Waals surface area contributed by atoms with Crippen LogP contribution in [-0.2, 0) is 0 Å². The van der Waals surface area contributed by atoms with Crippen molar-refractivity contribution < 1.29 is 9.50 Å². The Balaban J connectivity index is 1.65. The maximum atomic E-state index is 14.0. The van der Waals surface area contributed by atoms with Gasteiger partial charge in [0.25, 0.3) is 0 Å². The molecule has 0 amide bonds. The van der Waals surface area contributed by atoms with E-state index in [1.807, 2.05) is 0 Å². The number of rotatable bonds is 4. The maximum Gasteiger partial charge on any atom is 0.188 e. The van der Waals surface area contributed by atoms with Crippen LogP contribution in [0.15, 0.2) is 36.4 Å². The van der Waals surface area contributed by atoms with Crippen LogP contribution in [0, 0.1) is 5.82 Å². The normalized spacial score (nSPS) is 20.6. The molecule has 124 valence electrons. The Hall–Kier alpha value is -2.19. The zero-order valence-corrected chi connectivity index (χ0v) is 13.6. The fourth-order valence-corrected chi connectivity index (χ4v) is 3.98. The first-order valence-electron chi connectivity index (χ1n) is 7.66. The molecule has 8 heteroatoms. The molecule has 0 unspecified atom stereocenters. The van der Waals surface area contributed by atoms with Crippen LogP contribution in [0.5, 0.6) is 0 Å². The summed E-state index contributed by atoms with van der Waals surface area (Å²) in [5, 5.41) is 26.1. The molecule has 4 rings (SSSR count). The topological polar surface area (TPSA) is 75.3 Å². The van der Waals surface area contributed by atoms with E-state index in [1.54, 1.807) is 42.1 Å². The predicted molar refractivity (Wildman–Crippen MR) is 91.6 cm³/mol. The Morgan fingerprint density at radius 3 is 2.92 bits per heavy atom. The number of halogens is 1. The highest BCUT2D eigenvalue weighted by molar-refractivity contribution is 7.99. The lowest BCUT2D eigenvalue weighted by Gasteiger charge is -2.21. The standard InChI is InChI=1S/C16H16FN5OS/c17-12-4-2-1-3-11(12)15-20-19-14-6-5-13(21-22(14)15)18-9-16(23)7-8-24-10-16/h1-6,23H,7-10H2,(H,18,21)/t16-/m0/s1. The molecule has 0 aliphatic carbocycles. The molecule has 24 heavy (non-hydrogen) atoms. The molecule has 3 aromatic rings. The maximum absolute atomic E-state index is 14.0. The van der Waals surface area contributed by atoms with E-state index in [4.69, 9.17) is 0 Å². The van der Waals surface area contributed by atoms with E-state index in [9.17, 15) is 9.50 Å². The zero-order valence-electron chi connectivity index (χ0n) is 12.8. The van der Waals surface area contributed by atoms with Crippen molar-refractivity contribution in [2.75, 3.05) is 23.4 Å². The third kappa shape index (κ3) is 2.83. The van der Waals surface area contributed by atoms with Crippen molar-refractivity contribution in [1.29, 1.82) is 0 Å². The first-order chi connectivity index (χ1) is 11.6. The van der Waals surface area contributed by atoms with Crippen LogP contribution in [0.2, 0.25) is 0 Å². The average Bonchev–Trinajstić information content (AvgIpc) is 3.20. The lowest BCUT2D eigenvalue weighted by Crippen LogP contribution is -2.36. The van der Waals surface area contributed by atoms with Gasteiger partial charge in [-0.25, -0.2) is 4.39 Å². The third-order valence-corrected chi connectivity index (χ3v) is 5.29. The Labute approximate surface area is 142 Å². The Bertz CT molecular complexity index is 878. The van der Waals surface area contributed by atoms with Crippen LogP contribution < -0.4 is 5.32 Å². The van der Waals surface area contributed by atoms with Crippen LogP contribution in [-0.4, -0.2) is 48.6 Å². The van der Waals surface area contributed by atoms with Gasteiger partial charge in [0.15, 0.2) is 11.5 Å². The average molecular weight is 345 g/mol. The van der Waals surface area contributed by atoms with Gasteiger partial charge in [0.05, 0.1) is 11.2 Å². The smallest absolute Gasteiger partial charge is 0.188 e. The second-order valence-electron chi connectivity index (χ2n) is 5.87.